The minimum absolute atomic E-state index is 0.163. The minimum atomic E-state index is -0.870. The van der Waals surface area contributed by atoms with Crippen molar-refractivity contribution in [2.45, 2.75) is 52.1 Å². The van der Waals surface area contributed by atoms with E-state index >= 15 is 0 Å². The molecule has 1 aromatic rings. The fourth-order valence-electron chi connectivity index (χ4n) is 2.08. The van der Waals surface area contributed by atoms with E-state index in [1.807, 2.05) is 13.8 Å². The molecule has 1 rings (SSSR count). The summed E-state index contributed by atoms with van der Waals surface area (Å²) in [6.45, 7) is 6.14. The standard InChI is InChI=1S/C16H23F2NO2/c1-4-11(3)19-13(10-16(20)21-5-2)8-12-6-7-14(17)15(18)9-12/h6-7,9,11,13,19H,4-5,8,10H2,1-3H3. The summed E-state index contributed by atoms with van der Waals surface area (Å²) < 4.78 is 31.2. The zero-order chi connectivity index (χ0) is 15.8. The Bertz CT molecular complexity index is 466. The maximum Gasteiger partial charge on any atom is 0.307 e. The van der Waals surface area contributed by atoms with Crippen LogP contribution in [0.4, 0.5) is 8.78 Å². The summed E-state index contributed by atoms with van der Waals surface area (Å²) in [4.78, 5) is 11.6. The molecular formula is C16H23F2NO2. The topological polar surface area (TPSA) is 38.3 Å². The third-order valence-electron chi connectivity index (χ3n) is 3.32. The van der Waals surface area contributed by atoms with Crippen LogP contribution in [0.2, 0.25) is 0 Å². The number of esters is 1. The molecule has 118 valence electrons. The fraction of sp³-hybridized carbons (Fsp3) is 0.562. The first-order valence-electron chi connectivity index (χ1n) is 7.31. The summed E-state index contributed by atoms with van der Waals surface area (Å²) in [6.07, 6.45) is 1.56. The zero-order valence-electron chi connectivity index (χ0n) is 12.8. The van der Waals surface area contributed by atoms with E-state index in [2.05, 4.69) is 5.32 Å². The summed E-state index contributed by atoms with van der Waals surface area (Å²) in [5, 5.41) is 3.32. The van der Waals surface area contributed by atoms with Gasteiger partial charge in [0.25, 0.3) is 0 Å². The van der Waals surface area contributed by atoms with E-state index in [9.17, 15) is 13.6 Å². The lowest BCUT2D eigenvalue weighted by Crippen LogP contribution is -2.39. The number of hydrogen-bond acceptors (Lipinski definition) is 3. The third-order valence-corrected chi connectivity index (χ3v) is 3.32. The zero-order valence-corrected chi connectivity index (χ0v) is 12.8. The van der Waals surface area contributed by atoms with Crippen molar-refractivity contribution in [3.05, 3.63) is 35.4 Å². The van der Waals surface area contributed by atoms with Gasteiger partial charge in [0.2, 0.25) is 0 Å². The van der Waals surface area contributed by atoms with E-state index < -0.39 is 11.6 Å². The summed E-state index contributed by atoms with van der Waals surface area (Å²) in [6, 6.07) is 3.88. The fourth-order valence-corrected chi connectivity index (χ4v) is 2.08. The largest absolute Gasteiger partial charge is 0.466 e. The number of carbonyl (C=O) groups is 1. The maximum atomic E-state index is 13.3. The molecule has 2 atom stereocenters. The molecule has 0 radical (unpaired) electrons. The Balaban J connectivity index is 2.74. The van der Waals surface area contributed by atoms with E-state index in [4.69, 9.17) is 4.74 Å². The molecule has 0 bridgehead atoms. The van der Waals surface area contributed by atoms with Gasteiger partial charge in [-0.15, -0.1) is 0 Å². The van der Waals surface area contributed by atoms with E-state index in [1.54, 1.807) is 6.92 Å². The lowest BCUT2D eigenvalue weighted by Gasteiger charge is -2.22. The quantitative estimate of drug-likeness (QED) is 0.749. The molecule has 0 aliphatic heterocycles. The molecule has 21 heavy (non-hydrogen) atoms. The molecule has 0 saturated carbocycles. The van der Waals surface area contributed by atoms with Crippen molar-refractivity contribution in [3.8, 4) is 0 Å². The average molecular weight is 299 g/mol. The first kappa shape index (κ1) is 17.6. The Morgan fingerprint density at radius 1 is 1.29 bits per heavy atom. The van der Waals surface area contributed by atoms with Crippen LogP contribution in [0.25, 0.3) is 0 Å². The minimum Gasteiger partial charge on any atom is -0.466 e. The van der Waals surface area contributed by atoms with Gasteiger partial charge in [0.15, 0.2) is 11.6 Å². The number of nitrogens with one attached hydrogen (secondary N) is 1. The summed E-state index contributed by atoms with van der Waals surface area (Å²) in [7, 11) is 0. The molecule has 0 aliphatic rings. The molecule has 0 amide bonds. The highest BCUT2D eigenvalue weighted by molar-refractivity contribution is 5.70. The number of ether oxygens (including phenoxy) is 1. The van der Waals surface area contributed by atoms with Gasteiger partial charge in [-0.05, 0) is 44.4 Å². The van der Waals surface area contributed by atoms with Crippen LogP contribution >= 0.6 is 0 Å². The van der Waals surface area contributed by atoms with Gasteiger partial charge in [-0.25, -0.2) is 8.78 Å². The second-order valence-electron chi connectivity index (χ2n) is 5.13. The van der Waals surface area contributed by atoms with Crippen LogP contribution in [-0.2, 0) is 16.0 Å². The maximum absolute atomic E-state index is 13.3. The van der Waals surface area contributed by atoms with Crippen molar-refractivity contribution in [1.29, 1.82) is 0 Å². The van der Waals surface area contributed by atoms with Crippen LogP contribution < -0.4 is 5.32 Å². The Hall–Kier alpha value is -1.49. The predicted molar refractivity (Wildman–Crippen MR) is 78.0 cm³/mol. The van der Waals surface area contributed by atoms with Gasteiger partial charge in [0, 0.05) is 12.1 Å². The molecule has 1 aromatic carbocycles. The van der Waals surface area contributed by atoms with Crippen LogP contribution in [0.5, 0.6) is 0 Å². The van der Waals surface area contributed by atoms with Gasteiger partial charge in [-0.2, -0.15) is 0 Å². The van der Waals surface area contributed by atoms with Crippen molar-refractivity contribution in [2.75, 3.05) is 6.61 Å². The molecule has 0 aliphatic carbocycles. The molecule has 1 N–H and O–H groups in total. The van der Waals surface area contributed by atoms with Gasteiger partial charge in [0.05, 0.1) is 13.0 Å². The molecule has 0 aromatic heterocycles. The second-order valence-corrected chi connectivity index (χ2v) is 5.13. The van der Waals surface area contributed by atoms with Gasteiger partial charge in [-0.1, -0.05) is 13.0 Å². The Morgan fingerprint density at radius 3 is 2.57 bits per heavy atom. The molecular weight excluding hydrogens is 276 g/mol. The smallest absolute Gasteiger partial charge is 0.307 e. The highest BCUT2D eigenvalue weighted by Crippen LogP contribution is 2.13. The number of hydrogen-bond donors (Lipinski definition) is 1. The van der Waals surface area contributed by atoms with Crippen molar-refractivity contribution < 1.29 is 18.3 Å². The number of benzene rings is 1. The van der Waals surface area contributed by atoms with E-state index in [-0.39, 0.29) is 24.5 Å². The van der Waals surface area contributed by atoms with Gasteiger partial charge < -0.3 is 10.1 Å². The van der Waals surface area contributed by atoms with Crippen molar-refractivity contribution in [3.63, 3.8) is 0 Å². The predicted octanol–water partition coefficient (Wildman–Crippen LogP) is 3.22. The highest BCUT2D eigenvalue weighted by atomic mass is 19.2. The normalized spacial score (nSPS) is 13.8. The molecule has 0 spiro atoms. The van der Waals surface area contributed by atoms with Crippen LogP contribution in [0.3, 0.4) is 0 Å². The van der Waals surface area contributed by atoms with Crippen LogP contribution in [0.1, 0.15) is 39.2 Å². The Kier molecular flexibility index (Phi) is 7.29. The molecule has 3 nitrogen and oxygen atoms in total. The Morgan fingerprint density at radius 2 is 2.00 bits per heavy atom. The van der Waals surface area contributed by atoms with Crippen LogP contribution in [0, 0.1) is 11.6 Å². The first-order chi connectivity index (χ1) is 9.96. The first-order valence-corrected chi connectivity index (χ1v) is 7.31. The third kappa shape index (κ3) is 6.21. The van der Waals surface area contributed by atoms with Crippen molar-refractivity contribution >= 4 is 5.97 Å². The molecule has 2 unspecified atom stereocenters. The van der Waals surface area contributed by atoms with Crippen LogP contribution in [0.15, 0.2) is 18.2 Å². The molecule has 0 saturated heterocycles. The summed E-state index contributed by atoms with van der Waals surface area (Å²) in [5.41, 5.74) is 0.652. The van der Waals surface area contributed by atoms with E-state index in [0.717, 1.165) is 12.5 Å². The molecule has 5 heteroatoms. The van der Waals surface area contributed by atoms with Crippen molar-refractivity contribution in [1.82, 2.24) is 5.32 Å². The average Bonchev–Trinajstić information content (AvgIpc) is 2.43. The van der Waals surface area contributed by atoms with Crippen molar-refractivity contribution in [2.24, 2.45) is 0 Å². The van der Waals surface area contributed by atoms with E-state index in [1.165, 1.54) is 12.1 Å². The number of rotatable bonds is 8. The SMILES string of the molecule is CCOC(=O)CC(Cc1ccc(F)c(F)c1)NC(C)CC. The molecule has 0 fully saturated rings. The van der Waals surface area contributed by atoms with Gasteiger partial charge >= 0.3 is 5.97 Å². The monoisotopic (exact) mass is 299 g/mol. The lowest BCUT2D eigenvalue weighted by molar-refractivity contribution is -0.143. The van der Waals surface area contributed by atoms with Gasteiger partial charge in [-0.3, -0.25) is 4.79 Å². The van der Waals surface area contributed by atoms with E-state index in [0.29, 0.717) is 18.6 Å². The second kappa shape index (κ2) is 8.72. The summed E-state index contributed by atoms with van der Waals surface area (Å²) >= 11 is 0. The number of carbonyl (C=O) groups excluding carboxylic acids is 1. The molecule has 0 heterocycles. The van der Waals surface area contributed by atoms with Crippen LogP contribution in [-0.4, -0.2) is 24.7 Å². The Labute approximate surface area is 124 Å². The number of halogens is 2. The van der Waals surface area contributed by atoms with Gasteiger partial charge in [0.1, 0.15) is 0 Å². The highest BCUT2D eigenvalue weighted by Gasteiger charge is 2.17. The lowest BCUT2D eigenvalue weighted by atomic mass is 10.0. The summed E-state index contributed by atoms with van der Waals surface area (Å²) in [5.74, 6) is -2.03.